The first-order valence-corrected chi connectivity index (χ1v) is 7.18. The van der Waals surface area contributed by atoms with Gasteiger partial charge in [-0.2, -0.15) is 0 Å². The zero-order valence-corrected chi connectivity index (χ0v) is 12.6. The van der Waals surface area contributed by atoms with Crippen LogP contribution in [0.4, 0.5) is 0 Å². The van der Waals surface area contributed by atoms with Gasteiger partial charge in [0.1, 0.15) is 0 Å². The van der Waals surface area contributed by atoms with Gasteiger partial charge in [0.2, 0.25) is 0 Å². The van der Waals surface area contributed by atoms with Gasteiger partial charge in [0.25, 0.3) is 5.91 Å². The molecule has 1 aliphatic rings. The van der Waals surface area contributed by atoms with E-state index >= 15 is 0 Å². The van der Waals surface area contributed by atoms with Crippen molar-refractivity contribution in [2.24, 2.45) is 5.41 Å². The Bertz CT molecular complexity index is 553. The molecule has 1 aromatic carbocycles. The Balaban J connectivity index is 2.08. The summed E-state index contributed by atoms with van der Waals surface area (Å²) in [6, 6.07) is 5.06. The molecular formula is C15H18ClNO4. The molecular weight excluding hydrogens is 294 g/mol. The molecule has 1 amide bonds. The van der Waals surface area contributed by atoms with Gasteiger partial charge < -0.3 is 15.2 Å². The van der Waals surface area contributed by atoms with E-state index in [0.717, 1.165) is 5.56 Å². The SMILES string of the molecule is Cc1ccc(Cl)cc1C(=O)NCC1(C(=O)O)CCOCC1. The van der Waals surface area contributed by atoms with Gasteiger partial charge in [-0.25, -0.2) is 0 Å². The Morgan fingerprint density at radius 1 is 1.38 bits per heavy atom. The summed E-state index contributed by atoms with van der Waals surface area (Å²) in [6.07, 6.45) is 0.800. The highest BCUT2D eigenvalue weighted by Crippen LogP contribution is 2.30. The molecule has 0 bridgehead atoms. The number of halogens is 1. The number of amides is 1. The van der Waals surface area contributed by atoms with E-state index < -0.39 is 11.4 Å². The number of carbonyl (C=O) groups excluding carboxylic acids is 1. The summed E-state index contributed by atoms with van der Waals surface area (Å²) in [5.74, 6) is -1.20. The van der Waals surface area contributed by atoms with Crippen LogP contribution in [0, 0.1) is 12.3 Å². The van der Waals surface area contributed by atoms with Crippen LogP contribution in [0.25, 0.3) is 0 Å². The standard InChI is InChI=1S/C15H18ClNO4/c1-10-2-3-11(16)8-12(10)13(18)17-9-15(14(19)20)4-6-21-7-5-15/h2-3,8H,4-7,9H2,1H3,(H,17,18)(H,19,20). The third kappa shape index (κ3) is 3.54. The Morgan fingerprint density at radius 2 is 2.05 bits per heavy atom. The summed E-state index contributed by atoms with van der Waals surface area (Å²) in [4.78, 5) is 23.7. The van der Waals surface area contributed by atoms with E-state index in [4.69, 9.17) is 16.3 Å². The highest BCUT2D eigenvalue weighted by Gasteiger charge is 2.40. The molecule has 0 saturated carbocycles. The summed E-state index contributed by atoms with van der Waals surface area (Å²) in [5.41, 5.74) is 0.323. The lowest BCUT2D eigenvalue weighted by Gasteiger charge is -2.33. The minimum Gasteiger partial charge on any atom is -0.481 e. The smallest absolute Gasteiger partial charge is 0.311 e. The number of hydrogen-bond donors (Lipinski definition) is 2. The molecule has 6 heteroatoms. The van der Waals surface area contributed by atoms with Crippen molar-refractivity contribution in [1.29, 1.82) is 0 Å². The number of ether oxygens (including phenoxy) is 1. The van der Waals surface area contributed by atoms with Crippen molar-refractivity contribution >= 4 is 23.5 Å². The molecule has 2 rings (SSSR count). The average Bonchev–Trinajstić information content (AvgIpc) is 2.48. The Kier molecular flexibility index (Phi) is 4.85. The molecule has 0 radical (unpaired) electrons. The number of carboxylic acid groups (broad SMARTS) is 1. The summed E-state index contributed by atoms with van der Waals surface area (Å²) in [7, 11) is 0. The summed E-state index contributed by atoms with van der Waals surface area (Å²) in [5, 5.41) is 12.6. The normalized spacial score (nSPS) is 17.2. The van der Waals surface area contributed by atoms with Crippen LogP contribution in [0.2, 0.25) is 5.02 Å². The van der Waals surface area contributed by atoms with Crippen LogP contribution in [0.5, 0.6) is 0 Å². The van der Waals surface area contributed by atoms with Crippen molar-refractivity contribution in [2.75, 3.05) is 19.8 Å². The fraction of sp³-hybridized carbons (Fsp3) is 0.467. The van der Waals surface area contributed by atoms with Gasteiger partial charge in [0.15, 0.2) is 0 Å². The molecule has 1 aliphatic heterocycles. The second-order valence-corrected chi connectivity index (χ2v) is 5.78. The quantitative estimate of drug-likeness (QED) is 0.894. The molecule has 5 nitrogen and oxygen atoms in total. The molecule has 1 heterocycles. The van der Waals surface area contributed by atoms with E-state index in [1.165, 1.54) is 0 Å². The maximum absolute atomic E-state index is 12.2. The summed E-state index contributed by atoms with van der Waals surface area (Å²) >= 11 is 5.90. The van der Waals surface area contributed by atoms with Gasteiger partial charge in [0, 0.05) is 30.3 Å². The van der Waals surface area contributed by atoms with Gasteiger partial charge >= 0.3 is 5.97 Å². The topological polar surface area (TPSA) is 75.6 Å². The van der Waals surface area contributed by atoms with Crippen LogP contribution in [-0.2, 0) is 9.53 Å². The third-order valence-corrected chi connectivity index (χ3v) is 4.17. The van der Waals surface area contributed by atoms with Crippen molar-refractivity contribution in [1.82, 2.24) is 5.32 Å². The van der Waals surface area contributed by atoms with Gasteiger partial charge in [0.05, 0.1) is 5.41 Å². The first-order chi connectivity index (χ1) is 9.94. The second-order valence-electron chi connectivity index (χ2n) is 5.34. The number of carbonyl (C=O) groups is 2. The fourth-order valence-electron chi connectivity index (χ4n) is 2.41. The number of aryl methyl sites for hydroxylation is 1. The average molecular weight is 312 g/mol. The van der Waals surface area contributed by atoms with Crippen LogP contribution < -0.4 is 5.32 Å². The number of hydrogen-bond acceptors (Lipinski definition) is 3. The maximum Gasteiger partial charge on any atom is 0.311 e. The predicted molar refractivity (Wildman–Crippen MR) is 78.6 cm³/mol. The number of benzene rings is 1. The zero-order valence-electron chi connectivity index (χ0n) is 11.8. The first kappa shape index (κ1) is 15.8. The van der Waals surface area contributed by atoms with E-state index in [1.54, 1.807) is 18.2 Å². The second kappa shape index (κ2) is 6.45. The number of nitrogens with one attached hydrogen (secondary N) is 1. The molecule has 1 aromatic rings. The number of carboxylic acids is 1. The molecule has 0 aliphatic carbocycles. The monoisotopic (exact) mass is 311 g/mol. The van der Waals surface area contributed by atoms with Crippen LogP contribution in [0.1, 0.15) is 28.8 Å². The van der Waals surface area contributed by atoms with Crippen LogP contribution in [0.3, 0.4) is 0 Å². The highest BCUT2D eigenvalue weighted by molar-refractivity contribution is 6.31. The predicted octanol–water partition coefficient (Wildman–Crippen LogP) is 2.26. The highest BCUT2D eigenvalue weighted by atomic mass is 35.5. The first-order valence-electron chi connectivity index (χ1n) is 6.80. The van der Waals surface area contributed by atoms with Crippen molar-refractivity contribution in [2.45, 2.75) is 19.8 Å². The van der Waals surface area contributed by atoms with Gasteiger partial charge in [-0.3, -0.25) is 9.59 Å². The summed E-state index contributed by atoms with van der Waals surface area (Å²) in [6.45, 7) is 2.71. The molecule has 0 unspecified atom stereocenters. The molecule has 114 valence electrons. The fourth-order valence-corrected chi connectivity index (χ4v) is 2.58. The third-order valence-electron chi connectivity index (χ3n) is 3.94. The molecule has 0 aromatic heterocycles. The molecule has 1 fully saturated rings. The lowest BCUT2D eigenvalue weighted by Crippen LogP contribution is -2.46. The Morgan fingerprint density at radius 3 is 2.67 bits per heavy atom. The van der Waals surface area contributed by atoms with Crippen molar-refractivity contribution < 1.29 is 19.4 Å². The molecule has 0 atom stereocenters. The van der Waals surface area contributed by atoms with Crippen molar-refractivity contribution in [3.63, 3.8) is 0 Å². The minimum atomic E-state index is -0.944. The van der Waals surface area contributed by atoms with Crippen LogP contribution in [-0.4, -0.2) is 36.7 Å². The van der Waals surface area contributed by atoms with Crippen molar-refractivity contribution in [3.8, 4) is 0 Å². The Labute approximate surface area is 128 Å². The van der Waals surface area contributed by atoms with Crippen LogP contribution >= 0.6 is 11.6 Å². The molecule has 0 spiro atoms. The van der Waals surface area contributed by atoms with Gasteiger partial charge in [-0.15, -0.1) is 0 Å². The van der Waals surface area contributed by atoms with Gasteiger partial charge in [-0.1, -0.05) is 17.7 Å². The van der Waals surface area contributed by atoms with Crippen LogP contribution in [0.15, 0.2) is 18.2 Å². The molecule has 2 N–H and O–H groups in total. The van der Waals surface area contributed by atoms with E-state index in [0.29, 0.717) is 36.6 Å². The zero-order chi connectivity index (χ0) is 15.5. The maximum atomic E-state index is 12.2. The van der Waals surface area contributed by atoms with E-state index in [-0.39, 0.29) is 12.5 Å². The van der Waals surface area contributed by atoms with E-state index in [9.17, 15) is 14.7 Å². The minimum absolute atomic E-state index is 0.0937. The molecule has 1 saturated heterocycles. The number of aliphatic carboxylic acids is 1. The summed E-state index contributed by atoms with van der Waals surface area (Å²) < 4.78 is 5.21. The largest absolute Gasteiger partial charge is 0.481 e. The lowest BCUT2D eigenvalue weighted by molar-refractivity contribution is -0.154. The van der Waals surface area contributed by atoms with E-state index in [2.05, 4.69) is 5.32 Å². The number of rotatable bonds is 4. The van der Waals surface area contributed by atoms with Gasteiger partial charge in [-0.05, 0) is 37.5 Å². The van der Waals surface area contributed by atoms with Crippen molar-refractivity contribution in [3.05, 3.63) is 34.3 Å². The van der Waals surface area contributed by atoms with E-state index in [1.807, 2.05) is 6.92 Å². The lowest BCUT2D eigenvalue weighted by atomic mass is 9.80. The molecule has 21 heavy (non-hydrogen) atoms. The Hall–Kier alpha value is -1.59.